The minimum absolute atomic E-state index is 0.114. The molecule has 1 aromatic rings. The first-order valence-electron chi connectivity index (χ1n) is 7.51. The summed E-state index contributed by atoms with van der Waals surface area (Å²) in [5.74, 6) is -0.257. The van der Waals surface area contributed by atoms with E-state index in [9.17, 15) is 9.59 Å². The number of unbranched alkanes of at least 4 members (excludes halogenated alkanes) is 1. The van der Waals surface area contributed by atoms with Crippen LogP contribution in [0.2, 0.25) is 0 Å². The number of rotatable bonds is 6. The molecule has 5 nitrogen and oxygen atoms in total. The van der Waals surface area contributed by atoms with Crippen LogP contribution < -0.4 is 10.6 Å². The van der Waals surface area contributed by atoms with Gasteiger partial charge < -0.3 is 15.4 Å². The highest BCUT2D eigenvalue weighted by atomic mass is 16.5. The van der Waals surface area contributed by atoms with E-state index in [1.807, 2.05) is 0 Å². The van der Waals surface area contributed by atoms with Gasteiger partial charge in [-0.1, -0.05) is 19.4 Å². The minimum Gasteiger partial charge on any atom is -0.368 e. The van der Waals surface area contributed by atoms with Crippen LogP contribution in [0.5, 0.6) is 0 Å². The Bertz CT molecular complexity index is 496. The number of hydrogen-bond donors (Lipinski definition) is 2. The molecule has 1 saturated heterocycles. The van der Waals surface area contributed by atoms with Crippen molar-refractivity contribution in [1.29, 1.82) is 0 Å². The van der Waals surface area contributed by atoms with Gasteiger partial charge in [-0.05, 0) is 37.5 Å². The highest BCUT2D eigenvalue weighted by molar-refractivity contribution is 5.98. The zero-order chi connectivity index (χ0) is 15.1. The van der Waals surface area contributed by atoms with Gasteiger partial charge in [0.15, 0.2) is 0 Å². The third kappa shape index (κ3) is 4.56. The van der Waals surface area contributed by atoms with E-state index in [4.69, 9.17) is 4.74 Å². The van der Waals surface area contributed by atoms with Crippen molar-refractivity contribution in [1.82, 2.24) is 5.32 Å². The number of anilines is 1. The van der Waals surface area contributed by atoms with E-state index in [0.29, 0.717) is 24.4 Å². The maximum absolute atomic E-state index is 12.0. The molecule has 1 heterocycles. The van der Waals surface area contributed by atoms with Crippen LogP contribution >= 0.6 is 0 Å². The average molecular weight is 290 g/mol. The fourth-order valence-electron chi connectivity index (χ4n) is 2.23. The second-order valence-corrected chi connectivity index (χ2v) is 5.18. The maximum atomic E-state index is 12.0. The van der Waals surface area contributed by atoms with E-state index >= 15 is 0 Å². The lowest BCUT2D eigenvalue weighted by atomic mass is 10.1. The smallest absolute Gasteiger partial charge is 0.253 e. The van der Waals surface area contributed by atoms with Crippen molar-refractivity contribution < 1.29 is 14.3 Å². The lowest BCUT2D eigenvalue weighted by Gasteiger charge is -2.11. The van der Waals surface area contributed by atoms with Gasteiger partial charge in [-0.2, -0.15) is 0 Å². The molecule has 0 radical (unpaired) electrons. The van der Waals surface area contributed by atoms with Gasteiger partial charge in [-0.25, -0.2) is 0 Å². The normalized spacial score (nSPS) is 17.5. The molecule has 0 spiro atoms. The second kappa shape index (κ2) is 7.78. The SMILES string of the molecule is CCCCNC(=O)c1cccc(NC(=O)C2CCCO2)c1. The number of hydrogen-bond acceptors (Lipinski definition) is 3. The standard InChI is InChI=1S/C16H22N2O3/c1-2-3-9-17-15(19)12-6-4-7-13(11-12)18-16(20)14-8-5-10-21-14/h4,6-7,11,14H,2-3,5,8-10H2,1H3,(H,17,19)(H,18,20). The summed E-state index contributed by atoms with van der Waals surface area (Å²) < 4.78 is 5.34. The molecular formula is C16H22N2O3. The molecule has 0 bridgehead atoms. The van der Waals surface area contributed by atoms with Gasteiger partial charge in [0.2, 0.25) is 0 Å². The molecule has 2 N–H and O–H groups in total. The van der Waals surface area contributed by atoms with Crippen LogP contribution in [-0.2, 0) is 9.53 Å². The van der Waals surface area contributed by atoms with Gasteiger partial charge >= 0.3 is 0 Å². The zero-order valence-electron chi connectivity index (χ0n) is 12.4. The molecule has 1 unspecified atom stereocenters. The molecular weight excluding hydrogens is 268 g/mol. The molecule has 21 heavy (non-hydrogen) atoms. The van der Waals surface area contributed by atoms with Crippen molar-refractivity contribution in [3.8, 4) is 0 Å². The minimum atomic E-state index is -0.368. The van der Waals surface area contributed by atoms with Crippen molar-refractivity contribution in [2.75, 3.05) is 18.5 Å². The first-order chi connectivity index (χ1) is 10.2. The number of ether oxygens (including phenoxy) is 1. The van der Waals surface area contributed by atoms with E-state index in [1.54, 1.807) is 24.3 Å². The van der Waals surface area contributed by atoms with E-state index in [0.717, 1.165) is 25.7 Å². The summed E-state index contributed by atoms with van der Waals surface area (Å²) in [6.45, 7) is 3.38. The van der Waals surface area contributed by atoms with Crippen molar-refractivity contribution in [3.63, 3.8) is 0 Å². The number of benzene rings is 1. The summed E-state index contributed by atoms with van der Waals surface area (Å²) in [5.41, 5.74) is 1.18. The summed E-state index contributed by atoms with van der Waals surface area (Å²) in [5, 5.41) is 5.66. The van der Waals surface area contributed by atoms with Crippen molar-refractivity contribution in [2.24, 2.45) is 0 Å². The number of carbonyl (C=O) groups is 2. The van der Waals surface area contributed by atoms with E-state index < -0.39 is 0 Å². The van der Waals surface area contributed by atoms with Gasteiger partial charge in [0.1, 0.15) is 6.10 Å². The van der Waals surface area contributed by atoms with Gasteiger partial charge in [-0.15, -0.1) is 0 Å². The third-order valence-corrected chi connectivity index (χ3v) is 3.43. The Balaban J connectivity index is 1.93. The van der Waals surface area contributed by atoms with Crippen LogP contribution in [0.15, 0.2) is 24.3 Å². The summed E-state index contributed by atoms with van der Waals surface area (Å²) >= 11 is 0. The summed E-state index contributed by atoms with van der Waals surface area (Å²) in [4.78, 5) is 23.9. The monoisotopic (exact) mass is 290 g/mol. The Morgan fingerprint density at radius 3 is 2.95 bits per heavy atom. The van der Waals surface area contributed by atoms with Gasteiger partial charge in [0.05, 0.1) is 0 Å². The van der Waals surface area contributed by atoms with Crippen LogP contribution in [-0.4, -0.2) is 31.1 Å². The maximum Gasteiger partial charge on any atom is 0.253 e. The Morgan fingerprint density at radius 1 is 1.38 bits per heavy atom. The molecule has 2 rings (SSSR count). The Morgan fingerprint density at radius 2 is 2.24 bits per heavy atom. The van der Waals surface area contributed by atoms with Crippen LogP contribution in [0, 0.1) is 0 Å². The molecule has 1 aliphatic rings. The van der Waals surface area contributed by atoms with Gasteiger partial charge in [-0.3, -0.25) is 9.59 Å². The van der Waals surface area contributed by atoms with Gasteiger partial charge in [0.25, 0.3) is 11.8 Å². The summed E-state index contributed by atoms with van der Waals surface area (Å²) in [6.07, 6.45) is 3.30. The Hall–Kier alpha value is -1.88. The number of carbonyl (C=O) groups excluding carboxylic acids is 2. The first kappa shape index (κ1) is 15.5. The zero-order valence-corrected chi connectivity index (χ0v) is 12.4. The lowest BCUT2D eigenvalue weighted by molar-refractivity contribution is -0.124. The molecule has 1 atom stereocenters. The fourth-order valence-corrected chi connectivity index (χ4v) is 2.23. The lowest BCUT2D eigenvalue weighted by Crippen LogP contribution is -2.27. The summed E-state index contributed by atoms with van der Waals surface area (Å²) in [6, 6.07) is 6.96. The second-order valence-electron chi connectivity index (χ2n) is 5.18. The average Bonchev–Trinajstić information content (AvgIpc) is 3.02. The molecule has 0 aliphatic carbocycles. The third-order valence-electron chi connectivity index (χ3n) is 3.43. The molecule has 114 valence electrons. The molecule has 5 heteroatoms. The Kier molecular flexibility index (Phi) is 5.75. The topological polar surface area (TPSA) is 67.4 Å². The highest BCUT2D eigenvalue weighted by Crippen LogP contribution is 2.16. The van der Waals surface area contributed by atoms with Crippen molar-refractivity contribution in [3.05, 3.63) is 29.8 Å². The molecule has 1 fully saturated rings. The Labute approximate surface area is 125 Å². The van der Waals surface area contributed by atoms with Crippen LogP contribution in [0.25, 0.3) is 0 Å². The summed E-state index contributed by atoms with van der Waals surface area (Å²) in [7, 11) is 0. The van der Waals surface area contributed by atoms with Crippen molar-refractivity contribution >= 4 is 17.5 Å². The van der Waals surface area contributed by atoms with E-state index in [-0.39, 0.29) is 17.9 Å². The molecule has 1 aromatic carbocycles. The molecule has 0 saturated carbocycles. The fraction of sp³-hybridized carbons (Fsp3) is 0.500. The number of amides is 2. The van der Waals surface area contributed by atoms with E-state index in [1.165, 1.54) is 0 Å². The van der Waals surface area contributed by atoms with Gasteiger partial charge in [0, 0.05) is 24.4 Å². The predicted octanol–water partition coefficient (Wildman–Crippen LogP) is 2.33. The predicted molar refractivity (Wildman–Crippen MR) is 81.3 cm³/mol. The number of nitrogens with one attached hydrogen (secondary N) is 2. The van der Waals surface area contributed by atoms with E-state index in [2.05, 4.69) is 17.6 Å². The van der Waals surface area contributed by atoms with Crippen LogP contribution in [0.3, 0.4) is 0 Å². The van der Waals surface area contributed by atoms with Crippen molar-refractivity contribution in [2.45, 2.75) is 38.7 Å². The highest BCUT2D eigenvalue weighted by Gasteiger charge is 2.23. The van der Waals surface area contributed by atoms with Crippen LogP contribution in [0.1, 0.15) is 43.0 Å². The molecule has 1 aliphatic heterocycles. The molecule has 0 aromatic heterocycles. The first-order valence-corrected chi connectivity index (χ1v) is 7.51. The largest absolute Gasteiger partial charge is 0.368 e. The molecule has 2 amide bonds. The van der Waals surface area contributed by atoms with Crippen LogP contribution in [0.4, 0.5) is 5.69 Å². The quantitative estimate of drug-likeness (QED) is 0.790.